The molecule has 2 aromatic carbocycles. The van der Waals surface area contributed by atoms with Gasteiger partial charge in [-0.2, -0.15) is 5.10 Å². The molecule has 0 spiro atoms. The van der Waals surface area contributed by atoms with Gasteiger partial charge in [-0.3, -0.25) is 4.79 Å². The molecule has 1 N–H and O–H groups in total. The number of carbonyl (C=O) groups is 1. The number of hydrazone groups is 1. The lowest BCUT2D eigenvalue weighted by molar-refractivity contribution is 0.0950. The number of rotatable bonds is 6. The summed E-state index contributed by atoms with van der Waals surface area (Å²) in [7, 11) is 0. The molecule has 0 aliphatic rings. The number of halogens is 2. The fourth-order valence-electron chi connectivity index (χ4n) is 2.31. The summed E-state index contributed by atoms with van der Waals surface area (Å²) in [6.07, 6.45) is 0. The van der Waals surface area contributed by atoms with Crippen molar-refractivity contribution in [3.63, 3.8) is 0 Å². The second-order valence-corrected chi connectivity index (χ2v) is 7.74. The lowest BCUT2D eigenvalue weighted by atomic mass is 10.2. The summed E-state index contributed by atoms with van der Waals surface area (Å²) >= 11 is 13.5. The zero-order chi connectivity index (χ0) is 19.2. The van der Waals surface area contributed by atoms with Gasteiger partial charge in [0.25, 0.3) is 5.91 Å². The molecule has 3 aromatic rings. The van der Waals surface area contributed by atoms with Gasteiger partial charge in [0.05, 0.1) is 20.5 Å². The van der Waals surface area contributed by atoms with E-state index < -0.39 is 0 Å². The Morgan fingerprint density at radius 1 is 1.07 bits per heavy atom. The van der Waals surface area contributed by atoms with Crippen molar-refractivity contribution in [3.8, 4) is 5.75 Å². The van der Waals surface area contributed by atoms with Gasteiger partial charge in [0.1, 0.15) is 12.4 Å². The number of nitrogens with zero attached hydrogens (tertiary/aromatic N) is 1. The Morgan fingerprint density at radius 2 is 1.81 bits per heavy atom. The minimum absolute atomic E-state index is 0.264. The zero-order valence-corrected chi connectivity index (χ0v) is 16.7. The number of benzene rings is 2. The third-order valence-corrected chi connectivity index (χ3v) is 5.44. The number of thiophene rings is 1. The minimum Gasteiger partial charge on any atom is -0.488 e. The number of ether oxygens (including phenoxy) is 1. The molecule has 0 unspecified atom stereocenters. The summed E-state index contributed by atoms with van der Waals surface area (Å²) in [6, 6.07) is 18.1. The van der Waals surface area contributed by atoms with E-state index in [9.17, 15) is 4.79 Å². The summed E-state index contributed by atoms with van der Waals surface area (Å²) in [4.78, 5) is 13.4. The third kappa shape index (κ3) is 5.10. The highest BCUT2D eigenvalue weighted by atomic mass is 35.5. The first-order valence-corrected chi connectivity index (χ1v) is 9.67. The molecule has 138 valence electrons. The Labute approximate surface area is 171 Å². The lowest BCUT2D eigenvalue weighted by Crippen LogP contribution is -2.20. The van der Waals surface area contributed by atoms with Crippen LogP contribution in [-0.2, 0) is 6.61 Å². The van der Waals surface area contributed by atoms with Crippen LogP contribution in [0.5, 0.6) is 5.75 Å². The molecule has 0 fully saturated rings. The number of hydrogen-bond donors (Lipinski definition) is 1. The molecule has 0 aliphatic carbocycles. The van der Waals surface area contributed by atoms with E-state index in [-0.39, 0.29) is 12.5 Å². The molecule has 0 radical (unpaired) electrons. The first-order valence-electron chi connectivity index (χ1n) is 8.10. The van der Waals surface area contributed by atoms with E-state index >= 15 is 0 Å². The topological polar surface area (TPSA) is 50.7 Å². The van der Waals surface area contributed by atoms with Gasteiger partial charge < -0.3 is 4.74 Å². The minimum atomic E-state index is -0.355. The summed E-state index contributed by atoms with van der Waals surface area (Å²) in [5.41, 5.74) is 4.48. The van der Waals surface area contributed by atoms with Crippen molar-refractivity contribution in [3.05, 3.63) is 86.0 Å². The van der Waals surface area contributed by atoms with Gasteiger partial charge in [-0.25, -0.2) is 5.43 Å². The Hall–Kier alpha value is -2.34. The van der Waals surface area contributed by atoms with E-state index in [1.54, 1.807) is 36.4 Å². The van der Waals surface area contributed by atoms with Gasteiger partial charge >= 0.3 is 0 Å². The smallest absolute Gasteiger partial charge is 0.275 e. The first-order chi connectivity index (χ1) is 13.0. The van der Waals surface area contributed by atoms with E-state index in [0.717, 1.165) is 10.4 Å². The fraction of sp³-hybridized carbons (Fsp3) is 0.100. The van der Waals surface area contributed by atoms with Crippen LogP contribution in [0, 0.1) is 0 Å². The summed E-state index contributed by atoms with van der Waals surface area (Å²) in [6.45, 7) is 2.07. The SMILES string of the molecule is CC(=NNC(=O)c1ccccc1OCc1ccccc1Cl)c1ccc(Cl)s1. The molecule has 4 nitrogen and oxygen atoms in total. The number of carbonyl (C=O) groups excluding carboxylic acids is 1. The van der Waals surface area contributed by atoms with Crippen molar-refractivity contribution in [1.82, 2.24) is 5.43 Å². The van der Waals surface area contributed by atoms with E-state index in [1.807, 2.05) is 31.2 Å². The van der Waals surface area contributed by atoms with Gasteiger partial charge in [0.15, 0.2) is 0 Å². The predicted octanol–water partition coefficient (Wildman–Crippen LogP) is 5.79. The molecule has 0 bridgehead atoms. The molecular formula is C20H16Cl2N2O2S. The molecule has 0 saturated carbocycles. The zero-order valence-electron chi connectivity index (χ0n) is 14.4. The van der Waals surface area contributed by atoms with E-state index in [2.05, 4.69) is 10.5 Å². The Bertz CT molecular complexity index is 985. The number of nitrogens with one attached hydrogen (secondary N) is 1. The molecule has 0 saturated heterocycles. The van der Waals surface area contributed by atoms with E-state index in [1.165, 1.54) is 11.3 Å². The van der Waals surface area contributed by atoms with Crippen LogP contribution in [0.25, 0.3) is 0 Å². The van der Waals surface area contributed by atoms with Gasteiger partial charge in [-0.15, -0.1) is 11.3 Å². The van der Waals surface area contributed by atoms with Gasteiger partial charge in [0.2, 0.25) is 0 Å². The number of para-hydroxylation sites is 1. The lowest BCUT2D eigenvalue weighted by Gasteiger charge is -2.11. The standard InChI is InChI=1S/C20H16Cl2N2O2S/c1-13(18-10-11-19(22)27-18)23-24-20(25)15-7-3-5-9-17(15)26-12-14-6-2-4-8-16(14)21/h2-11H,12H2,1H3,(H,24,25). The van der Waals surface area contributed by atoms with Crippen molar-refractivity contribution < 1.29 is 9.53 Å². The van der Waals surface area contributed by atoms with Crippen molar-refractivity contribution in [2.24, 2.45) is 5.10 Å². The summed E-state index contributed by atoms with van der Waals surface area (Å²) < 4.78 is 6.48. The second-order valence-electron chi connectivity index (χ2n) is 5.62. The van der Waals surface area contributed by atoms with Crippen LogP contribution >= 0.6 is 34.5 Å². The van der Waals surface area contributed by atoms with Crippen LogP contribution in [0.1, 0.15) is 27.7 Å². The molecule has 1 aromatic heterocycles. The van der Waals surface area contributed by atoms with Crippen molar-refractivity contribution in [2.45, 2.75) is 13.5 Å². The molecule has 1 amide bonds. The van der Waals surface area contributed by atoms with Crippen LogP contribution in [0.3, 0.4) is 0 Å². The third-order valence-electron chi connectivity index (χ3n) is 3.73. The first kappa shape index (κ1) is 19.4. The molecule has 27 heavy (non-hydrogen) atoms. The monoisotopic (exact) mass is 418 g/mol. The number of amides is 1. The van der Waals surface area contributed by atoms with Crippen molar-refractivity contribution in [1.29, 1.82) is 0 Å². The van der Waals surface area contributed by atoms with Crippen LogP contribution in [0.4, 0.5) is 0 Å². The Balaban J connectivity index is 1.71. The molecule has 1 heterocycles. The fourth-order valence-corrected chi connectivity index (χ4v) is 3.49. The maximum absolute atomic E-state index is 12.5. The molecule has 7 heteroatoms. The largest absolute Gasteiger partial charge is 0.488 e. The summed E-state index contributed by atoms with van der Waals surface area (Å²) in [5, 5.41) is 4.77. The Kier molecular flexibility index (Phi) is 6.50. The maximum Gasteiger partial charge on any atom is 0.275 e. The summed E-state index contributed by atoms with van der Waals surface area (Å²) in [5.74, 6) is 0.105. The van der Waals surface area contributed by atoms with Crippen molar-refractivity contribution >= 4 is 46.2 Å². The predicted molar refractivity (Wildman–Crippen MR) is 111 cm³/mol. The van der Waals surface area contributed by atoms with Crippen LogP contribution < -0.4 is 10.2 Å². The quantitative estimate of drug-likeness (QED) is 0.406. The molecule has 0 atom stereocenters. The average molecular weight is 419 g/mol. The highest BCUT2D eigenvalue weighted by Crippen LogP contribution is 2.23. The Morgan fingerprint density at radius 3 is 2.56 bits per heavy atom. The highest BCUT2D eigenvalue weighted by Gasteiger charge is 2.13. The van der Waals surface area contributed by atoms with Gasteiger partial charge in [0, 0.05) is 10.6 Å². The normalized spacial score (nSPS) is 11.3. The van der Waals surface area contributed by atoms with Gasteiger partial charge in [-0.05, 0) is 37.3 Å². The molecular weight excluding hydrogens is 403 g/mol. The second kappa shape index (κ2) is 9.04. The average Bonchev–Trinajstić information content (AvgIpc) is 3.12. The van der Waals surface area contributed by atoms with Crippen molar-refractivity contribution in [2.75, 3.05) is 0 Å². The molecule has 3 rings (SSSR count). The van der Waals surface area contributed by atoms with Crippen LogP contribution in [0.2, 0.25) is 9.36 Å². The van der Waals surface area contributed by atoms with Gasteiger partial charge in [-0.1, -0.05) is 53.5 Å². The van der Waals surface area contributed by atoms with E-state index in [4.69, 9.17) is 27.9 Å². The highest BCUT2D eigenvalue weighted by molar-refractivity contribution is 7.18. The molecule has 0 aliphatic heterocycles. The van der Waals surface area contributed by atoms with Crippen LogP contribution in [-0.4, -0.2) is 11.6 Å². The van der Waals surface area contributed by atoms with Crippen LogP contribution in [0.15, 0.2) is 65.8 Å². The van der Waals surface area contributed by atoms with E-state index in [0.29, 0.717) is 26.4 Å². The number of hydrogen-bond acceptors (Lipinski definition) is 4. The maximum atomic E-state index is 12.5.